The Labute approximate surface area is 196 Å². The highest BCUT2D eigenvalue weighted by atomic mass is 35.5. The van der Waals surface area contributed by atoms with E-state index in [1.807, 2.05) is 19.9 Å². The Kier molecular flexibility index (Phi) is 6.93. The second kappa shape index (κ2) is 9.53. The minimum Gasteiger partial charge on any atom is -0.393 e. The molecule has 1 saturated heterocycles. The standard InChI is InChI=1S/C23H26Cl2N2O5/c1-12-7-13(2)26-22(29)17(12)9-27-5-3-15-18(24)8-16(21(25)20(15)23(27)30)19(10-28)32-14-4-6-31-11-14/h7-8,14,19,28H,3-6,9-11H2,1-2H3,(H,26,29)/t14-,19?/m1/s1. The van der Waals surface area contributed by atoms with Crippen LogP contribution in [0, 0.1) is 13.8 Å². The number of aliphatic hydroxyl groups excluding tert-OH is 1. The number of pyridine rings is 1. The van der Waals surface area contributed by atoms with Gasteiger partial charge in [0.15, 0.2) is 0 Å². The summed E-state index contributed by atoms with van der Waals surface area (Å²) in [6.45, 7) is 5.03. The first kappa shape index (κ1) is 23.3. The largest absolute Gasteiger partial charge is 0.393 e. The van der Waals surface area contributed by atoms with Gasteiger partial charge in [0.05, 0.1) is 36.4 Å². The van der Waals surface area contributed by atoms with Gasteiger partial charge in [-0.05, 0) is 49.9 Å². The summed E-state index contributed by atoms with van der Waals surface area (Å²) < 4.78 is 11.3. The average Bonchev–Trinajstić information content (AvgIpc) is 3.25. The quantitative estimate of drug-likeness (QED) is 0.661. The number of aromatic nitrogens is 1. The average molecular weight is 481 g/mol. The molecule has 3 heterocycles. The first-order chi connectivity index (χ1) is 15.3. The molecule has 2 aliphatic rings. The number of rotatable bonds is 6. The molecule has 2 atom stereocenters. The molecule has 2 N–H and O–H groups in total. The van der Waals surface area contributed by atoms with E-state index in [1.165, 1.54) is 0 Å². The third-order valence-electron chi connectivity index (χ3n) is 6.08. The molecule has 7 nitrogen and oxygen atoms in total. The monoisotopic (exact) mass is 480 g/mol. The van der Waals surface area contributed by atoms with Crippen molar-refractivity contribution in [1.82, 2.24) is 9.88 Å². The Balaban J connectivity index is 1.66. The van der Waals surface area contributed by atoms with Gasteiger partial charge < -0.3 is 24.5 Å². The van der Waals surface area contributed by atoms with Gasteiger partial charge in [-0.3, -0.25) is 9.59 Å². The van der Waals surface area contributed by atoms with Crippen LogP contribution in [-0.4, -0.2) is 53.4 Å². The maximum atomic E-state index is 13.4. The van der Waals surface area contributed by atoms with Crippen LogP contribution in [0.2, 0.25) is 10.0 Å². The Morgan fingerprint density at radius 2 is 2.09 bits per heavy atom. The highest BCUT2D eigenvalue weighted by molar-refractivity contribution is 6.37. The second-order valence-electron chi connectivity index (χ2n) is 8.33. The minimum atomic E-state index is -0.720. The van der Waals surface area contributed by atoms with Gasteiger partial charge >= 0.3 is 0 Å². The van der Waals surface area contributed by atoms with Crippen molar-refractivity contribution >= 4 is 29.1 Å². The maximum absolute atomic E-state index is 13.4. The van der Waals surface area contributed by atoms with E-state index in [0.29, 0.717) is 53.5 Å². The molecule has 1 aromatic heterocycles. The molecule has 1 amide bonds. The van der Waals surface area contributed by atoms with Crippen molar-refractivity contribution in [1.29, 1.82) is 0 Å². The number of H-pyrrole nitrogens is 1. The fourth-order valence-electron chi connectivity index (χ4n) is 4.38. The molecule has 1 fully saturated rings. The number of fused-ring (bicyclic) bond motifs is 1. The molecule has 32 heavy (non-hydrogen) atoms. The zero-order chi connectivity index (χ0) is 23.0. The van der Waals surface area contributed by atoms with Crippen molar-refractivity contribution in [2.45, 2.75) is 45.4 Å². The molecule has 0 bridgehead atoms. The van der Waals surface area contributed by atoms with Crippen LogP contribution >= 0.6 is 23.2 Å². The molecular weight excluding hydrogens is 455 g/mol. The molecule has 1 aromatic carbocycles. The molecule has 2 aromatic rings. The van der Waals surface area contributed by atoms with E-state index in [9.17, 15) is 14.7 Å². The van der Waals surface area contributed by atoms with Crippen LogP contribution in [0.25, 0.3) is 0 Å². The van der Waals surface area contributed by atoms with Crippen molar-refractivity contribution in [2.24, 2.45) is 0 Å². The number of ether oxygens (including phenoxy) is 2. The number of amides is 1. The number of aromatic amines is 1. The van der Waals surface area contributed by atoms with Gasteiger partial charge in [0, 0.05) is 35.0 Å². The zero-order valence-corrected chi connectivity index (χ0v) is 19.6. The van der Waals surface area contributed by atoms with E-state index >= 15 is 0 Å². The minimum absolute atomic E-state index is 0.151. The lowest BCUT2D eigenvalue weighted by atomic mass is 9.94. The van der Waals surface area contributed by atoms with E-state index in [0.717, 1.165) is 17.7 Å². The summed E-state index contributed by atoms with van der Waals surface area (Å²) in [5.41, 5.74) is 3.41. The van der Waals surface area contributed by atoms with Gasteiger partial charge in [-0.25, -0.2) is 0 Å². The lowest BCUT2D eigenvalue weighted by Gasteiger charge is -2.31. The third kappa shape index (κ3) is 4.45. The highest BCUT2D eigenvalue weighted by Crippen LogP contribution is 2.39. The van der Waals surface area contributed by atoms with Gasteiger partial charge in [0.2, 0.25) is 0 Å². The predicted molar refractivity (Wildman–Crippen MR) is 122 cm³/mol. The summed E-state index contributed by atoms with van der Waals surface area (Å²) in [4.78, 5) is 30.3. The van der Waals surface area contributed by atoms with Crippen LogP contribution in [0.4, 0.5) is 0 Å². The molecule has 0 radical (unpaired) electrons. The first-order valence-electron chi connectivity index (χ1n) is 10.6. The first-order valence-corrected chi connectivity index (χ1v) is 11.4. The number of nitrogens with zero attached hydrogens (tertiary/aromatic N) is 1. The summed E-state index contributed by atoms with van der Waals surface area (Å²) >= 11 is 13.2. The number of carbonyl (C=O) groups is 1. The second-order valence-corrected chi connectivity index (χ2v) is 9.11. The van der Waals surface area contributed by atoms with Crippen LogP contribution in [0.3, 0.4) is 0 Å². The molecule has 172 valence electrons. The lowest BCUT2D eigenvalue weighted by molar-refractivity contribution is -0.0427. The molecule has 0 saturated carbocycles. The van der Waals surface area contributed by atoms with E-state index in [2.05, 4.69) is 4.98 Å². The van der Waals surface area contributed by atoms with Gasteiger partial charge in [-0.15, -0.1) is 0 Å². The van der Waals surface area contributed by atoms with Crippen LogP contribution in [0.15, 0.2) is 16.9 Å². The molecule has 0 aliphatic carbocycles. The Morgan fingerprint density at radius 1 is 1.31 bits per heavy atom. The molecule has 4 rings (SSSR count). The summed E-state index contributed by atoms with van der Waals surface area (Å²) in [6, 6.07) is 3.56. The van der Waals surface area contributed by atoms with E-state index < -0.39 is 6.10 Å². The van der Waals surface area contributed by atoms with Gasteiger partial charge in [0.1, 0.15) is 6.10 Å². The van der Waals surface area contributed by atoms with E-state index in [-0.39, 0.29) is 35.7 Å². The normalized spacial score (nSPS) is 19.3. The third-order valence-corrected chi connectivity index (χ3v) is 6.82. The fraction of sp³-hybridized carbons (Fsp3) is 0.478. The maximum Gasteiger partial charge on any atom is 0.256 e. The number of hydrogen-bond donors (Lipinski definition) is 2. The number of aliphatic hydroxyl groups is 1. The van der Waals surface area contributed by atoms with Crippen molar-refractivity contribution in [3.8, 4) is 0 Å². The van der Waals surface area contributed by atoms with E-state index in [4.69, 9.17) is 32.7 Å². The Bertz CT molecular complexity index is 1090. The van der Waals surface area contributed by atoms with Crippen LogP contribution in [0.5, 0.6) is 0 Å². The molecular formula is C23H26Cl2N2O5. The molecule has 1 unspecified atom stereocenters. The number of benzene rings is 1. The highest BCUT2D eigenvalue weighted by Gasteiger charge is 2.33. The Morgan fingerprint density at radius 3 is 2.75 bits per heavy atom. The van der Waals surface area contributed by atoms with Crippen LogP contribution < -0.4 is 5.56 Å². The topological polar surface area (TPSA) is 91.9 Å². The molecule has 9 heteroatoms. The van der Waals surface area contributed by atoms with Crippen LogP contribution in [-0.2, 0) is 22.4 Å². The zero-order valence-electron chi connectivity index (χ0n) is 18.0. The van der Waals surface area contributed by atoms with Gasteiger partial charge in [0.25, 0.3) is 11.5 Å². The fourth-order valence-corrected chi connectivity index (χ4v) is 5.06. The number of aryl methyl sites for hydroxylation is 2. The van der Waals surface area contributed by atoms with Crippen LogP contribution in [0.1, 0.15) is 50.8 Å². The Hall–Kier alpha value is -1.90. The predicted octanol–water partition coefficient (Wildman–Crippen LogP) is 3.34. The van der Waals surface area contributed by atoms with Gasteiger partial charge in [-0.1, -0.05) is 23.2 Å². The summed E-state index contributed by atoms with van der Waals surface area (Å²) in [5, 5.41) is 10.6. The number of nitrogens with one attached hydrogen (secondary N) is 1. The SMILES string of the molecule is Cc1cc(C)c(CN2CCc3c(Cl)cc(C(CO)O[C@@H]4CCOC4)c(Cl)c3C2=O)c(=O)[nH]1. The number of carbonyl (C=O) groups excluding carboxylic acids is 1. The van der Waals surface area contributed by atoms with Gasteiger partial charge in [-0.2, -0.15) is 0 Å². The smallest absolute Gasteiger partial charge is 0.256 e. The number of halogens is 2. The summed E-state index contributed by atoms with van der Waals surface area (Å²) in [5.74, 6) is -0.291. The lowest BCUT2D eigenvalue weighted by Crippen LogP contribution is -2.39. The van der Waals surface area contributed by atoms with Crippen molar-refractivity contribution in [3.05, 3.63) is 66.0 Å². The van der Waals surface area contributed by atoms with Crippen molar-refractivity contribution < 1.29 is 19.4 Å². The number of hydrogen-bond acceptors (Lipinski definition) is 5. The molecule has 0 spiro atoms. The summed E-state index contributed by atoms with van der Waals surface area (Å²) in [7, 11) is 0. The van der Waals surface area contributed by atoms with Crippen molar-refractivity contribution in [2.75, 3.05) is 26.4 Å². The van der Waals surface area contributed by atoms with Crippen molar-refractivity contribution in [3.63, 3.8) is 0 Å². The summed E-state index contributed by atoms with van der Waals surface area (Å²) in [6.07, 6.45) is 0.372. The van der Waals surface area contributed by atoms with E-state index in [1.54, 1.807) is 11.0 Å². The molecule has 2 aliphatic heterocycles.